The first-order chi connectivity index (χ1) is 14.2. The van der Waals surface area contributed by atoms with E-state index in [1.54, 1.807) is 0 Å². The number of morpholine rings is 1. The zero-order chi connectivity index (χ0) is 20.1. The minimum absolute atomic E-state index is 0.0346. The van der Waals surface area contributed by atoms with Crippen molar-refractivity contribution < 1.29 is 9.53 Å². The normalized spacial score (nSPS) is 21.3. The Balaban J connectivity index is 1.24. The molecule has 0 aromatic heterocycles. The van der Waals surface area contributed by atoms with E-state index >= 15 is 0 Å². The van der Waals surface area contributed by atoms with Crippen LogP contribution in [-0.4, -0.2) is 73.0 Å². The minimum Gasteiger partial charge on any atom is -0.371 e. The average molecular weight is 458 g/mol. The number of hydrogen-bond acceptors (Lipinski definition) is 4. The summed E-state index contributed by atoms with van der Waals surface area (Å²) in [5.74, 6) is 0.237. The molecule has 0 saturated carbocycles. The highest BCUT2D eigenvalue weighted by Gasteiger charge is 2.27. The van der Waals surface area contributed by atoms with Gasteiger partial charge in [-0.25, -0.2) is 0 Å². The van der Waals surface area contributed by atoms with Gasteiger partial charge in [0.1, 0.15) is 0 Å². The fraction of sp³-hybridized carbons (Fsp3) is 0.435. The van der Waals surface area contributed by atoms with Crippen LogP contribution >= 0.6 is 15.9 Å². The Morgan fingerprint density at radius 3 is 2.38 bits per heavy atom. The molecule has 0 aliphatic carbocycles. The maximum absolute atomic E-state index is 12.8. The first-order valence-corrected chi connectivity index (χ1v) is 11.1. The number of carbonyl (C=O) groups is 1. The van der Waals surface area contributed by atoms with E-state index in [2.05, 4.69) is 62.1 Å². The summed E-state index contributed by atoms with van der Waals surface area (Å²) >= 11 is 3.48. The Morgan fingerprint density at radius 2 is 1.66 bits per heavy atom. The van der Waals surface area contributed by atoms with Gasteiger partial charge in [0, 0.05) is 50.3 Å². The molecule has 1 unspecified atom stereocenters. The molecule has 1 amide bonds. The molecule has 2 aromatic carbocycles. The third kappa shape index (κ3) is 5.66. The van der Waals surface area contributed by atoms with Gasteiger partial charge in [-0.15, -0.1) is 0 Å². The van der Waals surface area contributed by atoms with Crippen LogP contribution < -0.4 is 0 Å². The van der Waals surface area contributed by atoms with Gasteiger partial charge in [-0.2, -0.15) is 0 Å². The SMILES string of the molecule is O=C(CN1CCOC(c2ccc(Br)cc2)C1)N1CCN(Cc2ccccc2)CC1. The number of carbonyl (C=O) groups excluding carboxylic acids is 1. The van der Waals surface area contributed by atoms with Crippen molar-refractivity contribution in [3.8, 4) is 0 Å². The lowest BCUT2D eigenvalue weighted by Gasteiger charge is -2.37. The minimum atomic E-state index is 0.0346. The summed E-state index contributed by atoms with van der Waals surface area (Å²) in [6, 6.07) is 18.8. The lowest BCUT2D eigenvalue weighted by Crippen LogP contribution is -2.52. The van der Waals surface area contributed by atoms with Crippen LogP contribution in [0.5, 0.6) is 0 Å². The number of hydrogen-bond donors (Lipinski definition) is 0. The van der Waals surface area contributed by atoms with Crippen LogP contribution in [0.15, 0.2) is 59.1 Å². The largest absolute Gasteiger partial charge is 0.371 e. The molecular weight excluding hydrogens is 430 g/mol. The van der Waals surface area contributed by atoms with Gasteiger partial charge in [0.05, 0.1) is 19.3 Å². The van der Waals surface area contributed by atoms with Gasteiger partial charge in [-0.05, 0) is 23.3 Å². The van der Waals surface area contributed by atoms with Crippen LogP contribution in [0.4, 0.5) is 0 Å². The van der Waals surface area contributed by atoms with Crippen LogP contribution in [0.25, 0.3) is 0 Å². The Morgan fingerprint density at radius 1 is 0.931 bits per heavy atom. The zero-order valence-electron chi connectivity index (χ0n) is 16.7. The first-order valence-electron chi connectivity index (χ1n) is 10.3. The van der Waals surface area contributed by atoms with Gasteiger partial charge in [0.2, 0.25) is 5.91 Å². The summed E-state index contributed by atoms with van der Waals surface area (Å²) in [7, 11) is 0. The van der Waals surface area contributed by atoms with Gasteiger partial charge < -0.3 is 9.64 Å². The lowest BCUT2D eigenvalue weighted by molar-refractivity contribution is -0.136. The fourth-order valence-electron chi connectivity index (χ4n) is 4.01. The van der Waals surface area contributed by atoms with Crippen LogP contribution in [0.3, 0.4) is 0 Å². The van der Waals surface area contributed by atoms with Crippen molar-refractivity contribution in [3.05, 3.63) is 70.2 Å². The predicted molar refractivity (Wildman–Crippen MR) is 118 cm³/mol. The van der Waals surface area contributed by atoms with E-state index in [0.29, 0.717) is 13.2 Å². The third-order valence-electron chi connectivity index (χ3n) is 5.73. The number of piperazine rings is 1. The van der Waals surface area contributed by atoms with E-state index in [4.69, 9.17) is 4.74 Å². The lowest BCUT2D eigenvalue weighted by atomic mass is 10.1. The second-order valence-electron chi connectivity index (χ2n) is 7.79. The highest BCUT2D eigenvalue weighted by atomic mass is 79.9. The highest BCUT2D eigenvalue weighted by Crippen LogP contribution is 2.24. The van der Waals surface area contributed by atoms with Gasteiger partial charge in [0.15, 0.2) is 0 Å². The molecular formula is C23H28BrN3O2. The maximum Gasteiger partial charge on any atom is 0.236 e. The molecule has 0 N–H and O–H groups in total. The molecule has 4 rings (SSSR count). The molecule has 0 bridgehead atoms. The van der Waals surface area contributed by atoms with Crippen molar-refractivity contribution in [2.24, 2.45) is 0 Å². The molecule has 0 spiro atoms. The van der Waals surface area contributed by atoms with E-state index in [9.17, 15) is 4.79 Å². The summed E-state index contributed by atoms with van der Waals surface area (Å²) < 4.78 is 7.01. The Kier molecular flexibility index (Phi) is 6.98. The zero-order valence-corrected chi connectivity index (χ0v) is 18.3. The van der Waals surface area contributed by atoms with Gasteiger partial charge >= 0.3 is 0 Å². The summed E-state index contributed by atoms with van der Waals surface area (Å²) in [5, 5.41) is 0. The van der Waals surface area contributed by atoms with Crippen molar-refractivity contribution in [2.75, 3.05) is 52.4 Å². The molecule has 2 heterocycles. The second kappa shape index (κ2) is 9.85. The van der Waals surface area contributed by atoms with E-state index in [-0.39, 0.29) is 12.0 Å². The molecule has 2 aliphatic rings. The van der Waals surface area contributed by atoms with Gasteiger partial charge in [-0.3, -0.25) is 14.6 Å². The van der Waals surface area contributed by atoms with Crippen LogP contribution in [0.1, 0.15) is 17.2 Å². The van der Waals surface area contributed by atoms with E-state index in [0.717, 1.165) is 50.3 Å². The van der Waals surface area contributed by atoms with Gasteiger partial charge in [-0.1, -0.05) is 58.4 Å². The number of ether oxygens (including phenoxy) is 1. The van der Waals surface area contributed by atoms with Crippen LogP contribution in [-0.2, 0) is 16.1 Å². The second-order valence-corrected chi connectivity index (χ2v) is 8.70. The maximum atomic E-state index is 12.8. The Bertz CT molecular complexity index is 792. The molecule has 2 aromatic rings. The van der Waals surface area contributed by atoms with Crippen LogP contribution in [0.2, 0.25) is 0 Å². The topological polar surface area (TPSA) is 36.0 Å². The molecule has 5 nitrogen and oxygen atoms in total. The number of nitrogens with zero attached hydrogens (tertiary/aromatic N) is 3. The van der Waals surface area contributed by atoms with Crippen molar-refractivity contribution in [2.45, 2.75) is 12.6 Å². The molecule has 2 saturated heterocycles. The van der Waals surface area contributed by atoms with Crippen molar-refractivity contribution in [3.63, 3.8) is 0 Å². The van der Waals surface area contributed by atoms with Crippen molar-refractivity contribution in [1.82, 2.24) is 14.7 Å². The Hall–Kier alpha value is -1.73. The smallest absolute Gasteiger partial charge is 0.236 e. The summed E-state index contributed by atoms with van der Waals surface area (Å²) in [4.78, 5) is 19.5. The molecule has 0 radical (unpaired) electrons. The predicted octanol–water partition coefficient (Wildman–Crippen LogP) is 3.17. The summed E-state index contributed by atoms with van der Waals surface area (Å²) in [6.07, 6.45) is 0.0346. The summed E-state index contributed by atoms with van der Waals surface area (Å²) in [6.45, 7) is 7.18. The number of rotatable bonds is 5. The van der Waals surface area contributed by atoms with E-state index in [1.807, 2.05) is 23.1 Å². The average Bonchev–Trinajstić information content (AvgIpc) is 2.76. The van der Waals surface area contributed by atoms with Crippen LogP contribution in [0, 0.1) is 0 Å². The van der Waals surface area contributed by atoms with Crippen molar-refractivity contribution >= 4 is 21.8 Å². The number of amides is 1. The molecule has 154 valence electrons. The monoisotopic (exact) mass is 457 g/mol. The molecule has 6 heteroatoms. The molecule has 29 heavy (non-hydrogen) atoms. The third-order valence-corrected chi connectivity index (χ3v) is 6.25. The number of halogens is 1. The fourth-order valence-corrected chi connectivity index (χ4v) is 4.28. The summed E-state index contributed by atoms with van der Waals surface area (Å²) in [5.41, 5.74) is 2.50. The Labute approximate surface area is 181 Å². The molecule has 2 aliphatic heterocycles. The standard InChI is InChI=1S/C23H28BrN3O2/c24-21-8-6-20(7-9-21)22-17-26(14-15-29-22)18-23(28)27-12-10-25(11-13-27)16-19-4-2-1-3-5-19/h1-9,22H,10-18H2. The van der Waals surface area contributed by atoms with E-state index < -0.39 is 0 Å². The van der Waals surface area contributed by atoms with Gasteiger partial charge in [0.25, 0.3) is 0 Å². The van der Waals surface area contributed by atoms with E-state index in [1.165, 1.54) is 11.1 Å². The molecule has 1 atom stereocenters. The quantitative estimate of drug-likeness (QED) is 0.690. The highest BCUT2D eigenvalue weighted by molar-refractivity contribution is 9.10. The first kappa shape index (κ1) is 20.5. The molecule has 2 fully saturated rings. The van der Waals surface area contributed by atoms with Crippen molar-refractivity contribution in [1.29, 1.82) is 0 Å². The number of benzene rings is 2.